The van der Waals surface area contributed by atoms with Gasteiger partial charge in [-0.15, -0.1) is 12.4 Å². The van der Waals surface area contributed by atoms with Crippen LogP contribution < -0.4 is 16.0 Å². The van der Waals surface area contributed by atoms with E-state index in [-0.39, 0.29) is 30.1 Å². The second-order valence-corrected chi connectivity index (χ2v) is 5.29. The van der Waals surface area contributed by atoms with E-state index >= 15 is 0 Å². The van der Waals surface area contributed by atoms with Crippen molar-refractivity contribution < 1.29 is 9.59 Å². The zero-order chi connectivity index (χ0) is 14.5. The molecule has 5 nitrogen and oxygen atoms in total. The van der Waals surface area contributed by atoms with Gasteiger partial charge in [0, 0.05) is 11.6 Å². The largest absolute Gasteiger partial charge is 0.344 e. The molecule has 0 aliphatic carbocycles. The summed E-state index contributed by atoms with van der Waals surface area (Å²) in [5, 5.41) is 8.69. The highest BCUT2D eigenvalue weighted by molar-refractivity contribution is 5.97. The molecule has 116 valence electrons. The third kappa shape index (κ3) is 4.72. The minimum Gasteiger partial charge on any atom is -0.344 e. The van der Waals surface area contributed by atoms with Crippen LogP contribution in [0.3, 0.4) is 0 Å². The molecule has 1 aromatic carbocycles. The number of carbonyl (C=O) groups is 2. The molecular formula is C15H22ClN3O2. The molecule has 1 aromatic rings. The number of benzene rings is 1. The standard InChI is InChI=1S/C15H21N3O2.ClH/c1-10(12-8-16-9-12)14(19)17-11(2)15(20)18-13-6-4-3-5-7-13;/h3-7,10-12,16H,8-9H2,1-2H3,(H,17,19)(H,18,20);1H. The Morgan fingerprint density at radius 1 is 1.14 bits per heavy atom. The SMILES string of the molecule is CC(NC(=O)C(C)C1CNC1)C(=O)Nc1ccccc1.Cl. The fraction of sp³-hybridized carbons (Fsp3) is 0.467. The van der Waals surface area contributed by atoms with E-state index in [0.717, 1.165) is 18.8 Å². The maximum absolute atomic E-state index is 12.0. The van der Waals surface area contributed by atoms with E-state index in [2.05, 4.69) is 16.0 Å². The van der Waals surface area contributed by atoms with Crippen molar-refractivity contribution in [1.29, 1.82) is 0 Å². The molecule has 21 heavy (non-hydrogen) atoms. The number of rotatable bonds is 5. The van der Waals surface area contributed by atoms with Gasteiger partial charge in [0.2, 0.25) is 11.8 Å². The van der Waals surface area contributed by atoms with Crippen molar-refractivity contribution in [1.82, 2.24) is 10.6 Å². The van der Waals surface area contributed by atoms with Gasteiger partial charge in [-0.2, -0.15) is 0 Å². The summed E-state index contributed by atoms with van der Waals surface area (Å²) < 4.78 is 0. The first-order valence-electron chi connectivity index (χ1n) is 6.95. The molecule has 2 amide bonds. The van der Waals surface area contributed by atoms with Gasteiger partial charge in [-0.1, -0.05) is 25.1 Å². The zero-order valence-corrected chi connectivity index (χ0v) is 13.1. The van der Waals surface area contributed by atoms with Gasteiger partial charge in [0.25, 0.3) is 0 Å². The van der Waals surface area contributed by atoms with Crippen LogP contribution in [-0.4, -0.2) is 30.9 Å². The molecule has 0 saturated carbocycles. The molecule has 1 saturated heterocycles. The summed E-state index contributed by atoms with van der Waals surface area (Å²) in [7, 11) is 0. The van der Waals surface area contributed by atoms with Gasteiger partial charge >= 0.3 is 0 Å². The van der Waals surface area contributed by atoms with Crippen LogP contribution in [0, 0.1) is 11.8 Å². The minimum atomic E-state index is -0.543. The van der Waals surface area contributed by atoms with Gasteiger partial charge in [-0.3, -0.25) is 9.59 Å². The zero-order valence-electron chi connectivity index (χ0n) is 12.3. The Kier molecular flexibility index (Phi) is 6.65. The summed E-state index contributed by atoms with van der Waals surface area (Å²) in [6.07, 6.45) is 0. The monoisotopic (exact) mass is 311 g/mol. The second-order valence-electron chi connectivity index (χ2n) is 5.29. The normalized spacial score (nSPS) is 16.9. The van der Waals surface area contributed by atoms with Gasteiger partial charge in [0.05, 0.1) is 0 Å². The Balaban J connectivity index is 0.00000220. The molecule has 2 rings (SSSR count). The Morgan fingerprint density at radius 2 is 1.76 bits per heavy atom. The Hall–Kier alpha value is -1.59. The Labute approximate surface area is 131 Å². The molecule has 0 radical (unpaired) electrons. The third-order valence-electron chi connectivity index (χ3n) is 3.73. The van der Waals surface area contributed by atoms with Crippen LogP contribution in [0.1, 0.15) is 13.8 Å². The van der Waals surface area contributed by atoms with Crippen molar-refractivity contribution >= 4 is 29.9 Å². The molecule has 0 aromatic heterocycles. The first-order chi connectivity index (χ1) is 9.58. The number of halogens is 1. The van der Waals surface area contributed by atoms with Crippen LogP contribution >= 0.6 is 12.4 Å². The molecule has 0 spiro atoms. The van der Waals surface area contributed by atoms with Gasteiger partial charge in [0.1, 0.15) is 6.04 Å². The summed E-state index contributed by atoms with van der Waals surface area (Å²) >= 11 is 0. The molecule has 2 unspecified atom stereocenters. The summed E-state index contributed by atoms with van der Waals surface area (Å²) in [6, 6.07) is 8.67. The van der Waals surface area contributed by atoms with Crippen LogP contribution in [0.2, 0.25) is 0 Å². The van der Waals surface area contributed by atoms with Crippen molar-refractivity contribution in [2.24, 2.45) is 11.8 Å². The highest BCUT2D eigenvalue weighted by atomic mass is 35.5. The predicted octanol–water partition coefficient (Wildman–Crippen LogP) is 1.41. The highest BCUT2D eigenvalue weighted by Crippen LogP contribution is 2.16. The maximum atomic E-state index is 12.0. The molecule has 1 aliphatic rings. The average molecular weight is 312 g/mol. The van der Waals surface area contributed by atoms with Gasteiger partial charge in [-0.25, -0.2) is 0 Å². The van der Waals surface area contributed by atoms with Crippen molar-refractivity contribution in [3.8, 4) is 0 Å². The number of amides is 2. The summed E-state index contributed by atoms with van der Waals surface area (Å²) in [5.41, 5.74) is 0.731. The van der Waals surface area contributed by atoms with Crippen LogP contribution in [0.5, 0.6) is 0 Å². The fourth-order valence-electron chi connectivity index (χ4n) is 2.06. The van der Waals surface area contributed by atoms with E-state index in [1.165, 1.54) is 0 Å². The maximum Gasteiger partial charge on any atom is 0.246 e. The molecule has 0 bridgehead atoms. The summed E-state index contributed by atoms with van der Waals surface area (Å²) in [6.45, 7) is 5.35. The third-order valence-corrected chi connectivity index (χ3v) is 3.73. The van der Waals surface area contributed by atoms with Crippen LogP contribution in [0.25, 0.3) is 0 Å². The van der Waals surface area contributed by atoms with E-state index in [4.69, 9.17) is 0 Å². The molecule has 2 atom stereocenters. The van der Waals surface area contributed by atoms with Gasteiger partial charge in [0.15, 0.2) is 0 Å². The van der Waals surface area contributed by atoms with E-state index in [9.17, 15) is 9.59 Å². The molecule has 3 N–H and O–H groups in total. The average Bonchev–Trinajstić information content (AvgIpc) is 2.37. The molecule has 1 fully saturated rings. The number of para-hydroxylation sites is 1. The number of hydrogen-bond acceptors (Lipinski definition) is 3. The second kappa shape index (κ2) is 8.00. The lowest BCUT2D eigenvalue weighted by Crippen LogP contribution is -2.52. The number of nitrogens with one attached hydrogen (secondary N) is 3. The van der Waals surface area contributed by atoms with Gasteiger partial charge < -0.3 is 16.0 Å². The van der Waals surface area contributed by atoms with E-state index in [1.807, 2.05) is 37.3 Å². The van der Waals surface area contributed by atoms with Crippen molar-refractivity contribution in [3.05, 3.63) is 30.3 Å². The number of hydrogen-bond donors (Lipinski definition) is 3. The molecular weight excluding hydrogens is 290 g/mol. The lowest BCUT2D eigenvalue weighted by Gasteiger charge is -2.32. The lowest BCUT2D eigenvalue weighted by atomic mass is 9.88. The van der Waals surface area contributed by atoms with E-state index < -0.39 is 6.04 Å². The van der Waals surface area contributed by atoms with Crippen LogP contribution in [0.15, 0.2) is 30.3 Å². The number of carbonyl (C=O) groups excluding carboxylic acids is 2. The Morgan fingerprint density at radius 3 is 2.29 bits per heavy atom. The first-order valence-corrected chi connectivity index (χ1v) is 6.95. The lowest BCUT2D eigenvalue weighted by molar-refractivity contribution is -0.130. The smallest absolute Gasteiger partial charge is 0.246 e. The predicted molar refractivity (Wildman–Crippen MR) is 85.4 cm³/mol. The van der Waals surface area contributed by atoms with Crippen molar-refractivity contribution in [2.75, 3.05) is 18.4 Å². The molecule has 1 aliphatic heterocycles. The van der Waals surface area contributed by atoms with E-state index in [1.54, 1.807) is 6.92 Å². The Bertz CT molecular complexity index is 477. The summed E-state index contributed by atoms with van der Waals surface area (Å²) in [4.78, 5) is 24.0. The fourth-order valence-corrected chi connectivity index (χ4v) is 2.06. The van der Waals surface area contributed by atoms with Crippen molar-refractivity contribution in [2.45, 2.75) is 19.9 Å². The topological polar surface area (TPSA) is 70.2 Å². The highest BCUT2D eigenvalue weighted by Gasteiger charge is 2.30. The van der Waals surface area contributed by atoms with Crippen LogP contribution in [-0.2, 0) is 9.59 Å². The first kappa shape index (κ1) is 17.5. The van der Waals surface area contributed by atoms with E-state index in [0.29, 0.717) is 5.92 Å². The quantitative estimate of drug-likeness (QED) is 0.770. The minimum absolute atomic E-state index is 0. The number of anilines is 1. The van der Waals surface area contributed by atoms with Gasteiger partial charge in [-0.05, 0) is 38.1 Å². The van der Waals surface area contributed by atoms with Crippen molar-refractivity contribution in [3.63, 3.8) is 0 Å². The molecule has 6 heteroatoms. The summed E-state index contributed by atoms with van der Waals surface area (Å²) in [5.74, 6) is 0.0401. The van der Waals surface area contributed by atoms with Crippen LogP contribution in [0.4, 0.5) is 5.69 Å². The molecule has 1 heterocycles.